The van der Waals surface area contributed by atoms with Crippen LogP contribution in [0, 0.1) is 0 Å². The fraction of sp³-hybridized carbons (Fsp3) is 0.526. The van der Waals surface area contributed by atoms with Gasteiger partial charge in [0.05, 0.1) is 18.8 Å². The number of nitrogens with one attached hydrogen (secondary N) is 1. The van der Waals surface area contributed by atoms with Crippen LogP contribution in [0.3, 0.4) is 0 Å². The van der Waals surface area contributed by atoms with Crippen molar-refractivity contribution in [2.24, 2.45) is 0 Å². The van der Waals surface area contributed by atoms with E-state index in [1.807, 2.05) is 0 Å². The van der Waals surface area contributed by atoms with Gasteiger partial charge in [0.1, 0.15) is 0 Å². The first-order chi connectivity index (χ1) is 12.0. The molecule has 2 N–H and O–H groups in total. The number of fused-ring (bicyclic) bond motifs is 1. The molecule has 6 heteroatoms. The van der Waals surface area contributed by atoms with Gasteiger partial charge in [-0.15, -0.1) is 0 Å². The van der Waals surface area contributed by atoms with Gasteiger partial charge in [-0.05, 0) is 38.6 Å². The van der Waals surface area contributed by atoms with Crippen LogP contribution >= 0.6 is 0 Å². The van der Waals surface area contributed by atoms with Gasteiger partial charge in [0.2, 0.25) is 0 Å². The van der Waals surface area contributed by atoms with Crippen LogP contribution in [0.1, 0.15) is 35.3 Å². The molecule has 0 unspecified atom stereocenters. The van der Waals surface area contributed by atoms with Gasteiger partial charge >= 0.3 is 0 Å². The molecule has 0 fully saturated rings. The molecule has 1 aliphatic rings. The zero-order chi connectivity index (χ0) is 18.0. The Morgan fingerprint density at radius 3 is 2.88 bits per heavy atom. The predicted molar refractivity (Wildman–Crippen MR) is 98.5 cm³/mol. The van der Waals surface area contributed by atoms with Crippen LogP contribution in [0.2, 0.25) is 0 Å². The summed E-state index contributed by atoms with van der Waals surface area (Å²) in [5, 5.41) is 12.2. The smallest absolute Gasteiger partial charge is 0.270 e. The summed E-state index contributed by atoms with van der Waals surface area (Å²) >= 11 is 0. The lowest BCUT2D eigenvalue weighted by atomic mass is 10.0. The summed E-state index contributed by atoms with van der Waals surface area (Å²) < 4.78 is 1.52. The first kappa shape index (κ1) is 17.9. The molecule has 0 aliphatic carbocycles. The van der Waals surface area contributed by atoms with Gasteiger partial charge in [0.25, 0.3) is 5.56 Å². The average Bonchev–Trinajstić information content (AvgIpc) is 2.90. The number of aliphatic hydroxyl groups is 1. The van der Waals surface area contributed by atoms with Crippen molar-refractivity contribution in [2.75, 3.05) is 27.2 Å². The van der Waals surface area contributed by atoms with Crippen LogP contribution in [0.4, 0.5) is 0 Å². The van der Waals surface area contributed by atoms with Crippen molar-refractivity contribution >= 4 is 0 Å². The molecular formula is C19H28N4O2. The number of aromatic nitrogens is 2. The number of hydrogen-bond donors (Lipinski definition) is 2. The van der Waals surface area contributed by atoms with Crippen LogP contribution < -0.4 is 5.56 Å². The number of aliphatic hydroxyl groups excluding tert-OH is 1. The standard InChI is InChI=1S/C19H28N4O2/c1-14(21(2)3)16-6-4-5-15(11-16)12-22-8-7-17-18(13-22)20-23(9-10-24)19(17)25/h4-6,11,14,20,24H,7-10,12-13H2,1-3H3/t14-/m1/s1. The highest BCUT2D eigenvalue weighted by Crippen LogP contribution is 2.21. The van der Waals surface area contributed by atoms with Crippen molar-refractivity contribution in [3.8, 4) is 0 Å². The summed E-state index contributed by atoms with van der Waals surface area (Å²) in [6.45, 7) is 5.01. The number of aromatic amines is 1. The van der Waals surface area contributed by atoms with Gasteiger partial charge in [0.15, 0.2) is 0 Å². The molecule has 1 aromatic carbocycles. The van der Waals surface area contributed by atoms with Crippen molar-refractivity contribution in [1.29, 1.82) is 0 Å². The van der Waals surface area contributed by atoms with Crippen molar-refractivity contribution < 1.29 is 5.11 Å². The molecule has 6 nitrogen and oxygen atoms in total. The SMILES string of the molecule is C[C@H](c1cccc(CN2CCc3c([nH]n(CCO)c3=O)C2)c1)N(C)C. The topological polar surface area (TPSA) is 64.5 Å². The highest BCUT2D eigenvalue weighted by Gasteiger charge is 2.22. The number of benzene rings is 1. The van der Waals surface area contributed by atoms with Crippen molar-refractivity contribution in [3.63, 3.8) is 0 Å². The van der Waals surface area contributed by atoms with Gasteiger partial charge in [-0.2, -0.15) is 0 Å². The number of nitrogens with zero attached hydrogens (tertiary/aromatic N) is 3. The number of hydrogen-bond acceptors (Lipinski definition) is 4. The Bertz CT molecular complexity index is 778. The zero-order valence-corrected chi connectivity index (χ0v) is 15.3. The van der Waals surface area contributed by atoms with Crippen molar-refractivity contribution in [2.45, 2.75) is 39.0 Å². The van der Waals surface area contributed by atoms with E-state index in [9.17, 15) is 4.79 Å². The monoisotopic (exact) mass is 344 g/mol. The Morgan fingerprint density at radius 1 is 1.36 bits per heavy atom. The second-order valence-corrected chi connectivity index (χ2v) is 7.09. The minimum atomic E-state index is -0.0279. The minimum absolute atomic E-state index is 0.0190. The molecule has 0 saturated carbocycles. The molecule has 136 valence electrons. The summed E-state index contributed by atoms with van der Waals surface area (Å²) in [6.07, 6.45) is 0.761. The van der Waals surface area contributed by atoms with Gasteiger partial charge < -0.3 is 10.0 Å². The predicted octanol–water partition coefficient (Wildman–Crippen LogP) is 1.35. The molecule has 1 aliphatic heterocycles. The van der Waals surface area contributed by atoms with Crippen LogP contribution in [0.15, 0.2) is 29.1 Å². The molecule has 1 aromatic heterocycles. The quantitative estimate of drug-likeness (QED) is 0.830. The summed E-state index contributed by atoms with van der Waals surface area (Å²) in [7, 11) is 4.19. The summed E-state index contributed by atoms with van der Waals surface area (Å²) in [5.41, 5.74) is 4.50. The van der Waals surface area contributed by atoms with E-state index < -0.39 is 0 Å². The van der Waals surface area contributed by atoms with Crippen LogP contribution in [0.5, 0.6) is 0 Å². The van der Waals surface area contributed by atoms with E-state index in [2.05, 4.69) is 60.2 Å². The number of rotatable bonds is 6. The van der Waals surface area contributed by atoms with E-state index in [1.165, 1.54) is 15.8 Å². The first-order valence-corrected chi connectivity index (χ1v) is 8.88. The van der Waals surface area contributed by atoms with Crippen LogP contribution in [-0.2, 0) is 26.1 Å². The Hall–Kier alpha value is -1.89. The van der Waals surface area contributed by atoms with Crippen molar-refractivity contribution in [3.05, 3.63) is 57.0 Å². The second kappa shape index (κ2) is 7.56. The lowest BCUT2D eigenvalue weighted by Crippen LogP contribution is -2.32. The molecule has 0 amide bonds. The summed E-state index contributed by atoms with van der Waals surface area (Å²) in [4.78, 5) is 16.8. The lowest BCUT2D eigenvalue weighted by molar-refractivity contribution is 0.240. The van der Waals surface area contributed by atoms with Gasteiger partial charge in [-0.1, -0.05) is 24.3 Å². The van der Waals surface area contributed by atoms with Crippen molar-refractivity contribution in [1.82, 2.24) is 19.6 Å². The molecule has 0 bridgehead atoms. The van der Waals surface area contributed by atoms with E-state index in [0.29, 0.717) is 12.6 Å². The molecule has 2 aromatic rings. The molecule has 0 saturated heterocycles. The van der Waals surface area contributed by atoms with Gasteiger partial charge in [0, 0.05) is 31.2 Å². The molecule has 0 radical (unpaired) electrons. The maximum atomic E-state index is 12.2. The molecule has 3 rings (SSSR count). The highest BCUT2D eigenvalue weighted by molar-refractivity contribution is 5.26. The Morgan fingerprint density at radius 2 is 2.16 bits per heavy atom. The third kappa shape index (κ3) is 3.86. The van der Waals surface area contributed by atoms with Gasteiger partial charge in [-0.25, -0.2) is 0 Å². The van der Waals surface area contributed by atoms with E-state index in [-0.39, 0.29) is 12.2 Å². The van der Waals surface area contributed by atoms with E-state index in [4.69, 9.17) is 5.11 Å². The van der Waals surface area contributed by atoms with Gasteiger partial charge in [-0.3, -0.25) is 19.5 Å². The maximum absolute atomic E-state index is 12.2. The fourth-order valence-corrected chi connectivity index (χ4v) is 3.43. The maximum Gasteiger partial charge on any atom is 0.270 e. The highest BCUT2D eigenvalue weighted by atomic mass is 16.3. The number of H-pyrrole nitrogens is 1. The second-order valence-electron chi connectivity index (χ2n) is 7.09. The Balaban J connectivity index is 1.72. The van der Waals surface area contributed by atoms with Crippen LogP contribution in [0.25, 0.3) is 0 Å². The lowest BCUT2D eigenvalue weighted by Gasteiger charge is -2.27. The Kier molecular flexibility index (Phi) is 5.42. The molecule has 1 atom stereocenters. The average molecular weight is 344 g/mol. The van der Waals surface area contributed by atoms with Crippen LogP contribution in [-0.4, -0.2) is 51.9 Å². The largest absolute Gasteiger partial charge is 0.394 e. The minimum Gasteiger partial charge on any atom is -0.394 e. The fourth-order valence-electron chi connectivity index (χ4n) is 3.43. The summed E-state index contributed by atoms with van der Waals surface area (Å²) in [6, 6.07) is 9.13. The molecule has 25 heavy (non-hydrogen) atoms. The zero-order valence-electron chi connectivity index (χ0n) is 15.3. The van der Waals surface area contributed by atoms with E-state index in [0.717, 1.165) is 37.3 Å². The van der Waals surface area contributed by atoms with E-state index >= 15 is 0 Å². The molecule has 2 heterocycles. The first-order valence-electron chi connectivity index (χ1n) is 8.88. The summed E-state index contributed by atoms with van der Waals surface area (Å²) in [5.74, 6) is 0. The molecule has 0 spiro atoms. The normalized spacial score (nSPS) is 16.2. The third-order valence-corrected chi connectivity index (χ3v) is 5.14. The third-order valence-electron chi connectivity index (χ3n) is 5.14. The molecular weight excluding hydrogens is 316 g/mol. The Labute approximate surface area is 148 Å². The van der Waals surface area contributed by atoms with E-state index in [1.54, 1.807) is 0 Å².